The van der Waals surface area contributed by atoms with Crippen LogP contribution in [0.3, 0.4) is 0 Å². The van der Waals surface area contributed by atoms with Crippen molar-refractivity contribution < 1.29 is 9.53 Å². The molecule has 0 saturated carbocycles. The molecule has 0 spiro atoms. The normalized spacial score (nSPS) is 25.4. The number of carbonyl (C=O) groups excluding carboxylic acids is 1. The lowest BCUT2D eigenvalue weighted by Gasteiger charge is -2.12. The molecule has 0 aliphatic carbocycles. The number of aromatic nitrogens is 3. The number of nitrogens with zero attached hydrogens (tertiary/aromatic N) is 2. The van der Waals surface area contributed by atoms with Gasteiger partial charge in [0.05, 0.1) is 18.6 Å². The third-order valence-electron chi connectivity index (χ3n) is 2.61. The van der Waals surface area contributed by atoms with E-state index in [0.29, 0.717) is 19.0 Å². The summed E-state index contributed by atoms with van der Waals surface area (Å²) in [7, 11) is 0. The second-order valence-electron chi connectivity index (χ2n) is 3.62. The maximum absolute atomic E-state index is 11.7. The van der Waals surface area contributed by atoms with Crippen LogP contribution in [0.2, 0.25) is 0 Å². The number of ether oxygens (including phenoxy) is 1. The van der Waals surface area contributed by atoms with E-state index in [-0.39, 0.29) is 17.9 Å². The number of nitrogens with one attached hydrogen (secondary N) is 2. The molecule has 0 radical (unpaired) electrons. The van der Waals surface area contributed by atoms with Gasteiger partial charge < -0.3 is 10.1 Å². The van der Waals surface area contributed by atoms with Gasteiger partial charge in [0.25, 0.3) is 0 Å². The summed E-state index contributed by atoms with van der Waals surface area (Å²) in [5, 5.41) is 9.19. The van der Waals surface area contributed by atoms with Gasteiger partial charge in [-0.15, -0.1) is 0 Å². The van der Waals surface area contributed by atoms with Gasteiger partial charge in [-0.3, -0.25) is 9.89 Å². The van der Waals surface area contributed by atoms with Crippen molar-refractivity contribution in [2.24, 2.45) is 5.92 Å². The van der Waals surface area contributed by atoms with E-state index < -0.39 is 0 Å². The third-order valence-corrected chi connectivity index (χ3v) is 2.61. The zero-order chi connectivity index (χ0) is 10.7. The van der Waals surface area contributed by atoms with E-state index in [1.807, 2.05) is 6.92 Å². The maximum Gasteiger partial charge on any atom is 0.226 e. The number of hydrogen-bond donors (Lipinski definition) is 2. The molecule has 1 amide bonds. The van der Waals surface area contributed by atoms with Crippen LogP contribution < -0.4 is 5.32 Å². The van der Waals surface area contributed by atoms with Gasteiger partial charge in [-0.05, 0) is 13.3 Å². The summed E-state index contributed by atoms with van der Waals surface area (Å²) in [6, 6.07) is 0. The topological polar surface area (TPSA) is 79.9 Å². The van der Waals surface area contributed by atoms with Crippen LogP contribution in [0.4, 0.5) is 0 Å². The zero-order valence-corrected chi connectivity index (χ0v) is 8.56. The second-order valence-corrected chi connectivity index (χ2v) is 3.62. The van der Waals surface area contributed by atoms with Crippen molar-refractivity contribution in [3.05, 3.63) is 12.2 Å². The Hall–Kier alpha value is -1.43. The Bertz CT molecular complexity index is 325. The molecule has 15 heavy (non-hydrogen) atoms. The second kappa shape index (κ2) is 4.39. The lowest BCUT2D eigenvalue weighted by Crippen LogP contribution is -2.33. The van der Waals surface area contributed by atoms with Gasteiger partial charge in [0.2, 0.25) is 5.91 Å². The van der Waals surface area contributed by atoms with Crippen LogP contribution in [0.25, 0.3) is 0 Å². The molecule has 1 aliphatic heterocycles. The standard InChI is InChI=1S/C9H14N4O2/c1-6-7(2-3-15-6)9(14)10-4-8-11-5-12-13-8/h5-7H,2-4H2,1H3,(H,10,14)(H,11,12,13). The molecule has 2 atom stereocenters. The molecular formula is C9H14N4O2. The lowest BCUT2D eigenvalue weighted by molar-refractivity contribution is -0.126. The number of hydrogen-bond acceptors (Lipinski definition) is 4. The maximum atomic E-state index is 11.7. The first-order chi connectivity index (χ1) is 7.27. The molecule has 0 aromatic carbocycles. The Labute approximate surface area is 87.4 Å². The highest BCUT2D eigenvalue weighted by Gasteiger charge is 2.30. The first kappa shape index (κ1) is 10.1. The summed E-state index contributed by atoms with van der Waals surface area (Å²) in [6.07, 6.45) is 2.23. The number of H-pyrrole nitrogens is 1. The molecule has 1 fully saturated rings. The van der Waals surface area contributed by atoms with Crippen LogP contribution in [0.5, 0.6) is 0 Å². The van der Waals surface area contributed by atoms with Gasteiger partial charge >= 0.3 is 0 Å². The Kier molecular flexibility index (Phi) is 2.96. The Balaban J connectivity index is 1.82. The average Bonchev–Trinajstić information content (AvgIpc) is 2.84. The van der Waals surface area contributed by atoms with E-state index in [9.17, 15) is 4.79 Å². The van der Waals surface area contributed by atoms with E-state index in [1.54, 1.807) is 0 Å². The van der Waals surface area contributed by atoms with Crippen molar-refractivity contribution in [3.8, 4) is 0 Å². The van der Waals surface area contributed by atoms with E-state index in [2.05, 4.69) is 20.5 Å². The highest BCUT2D eigenvalue weighted by molar-refractivity contribution is 5.79. The van der Waals surface area contributed by atoms with E-state index in [4.69, 9.17) is 4.74 Å². The number of aromatic amines is 1. The van der Waals surface area contributed by atoms with E-state index in [0.717, 1.165) is 6.42 Å². The molecule has 82 valence electrons. The van der Waals surface area contributed by atoms with Crippen molar-refractivity contribution in [2.75, 3.05) is 6.61 Å². The molecule has 6 nitrogen and oxygen atoms in total. The first-order valence-corrected chi connectivity index (χ1v) is 5.01. The van der Waals surface area contributed by atoms with Gasteiger partial charge in [0.15, 0.2) is 0 Å². The Morgan fingerprint density at radius 1 is 1.80 bits per heavy atom. The van der Waals surface area contributed by atoms with Crippen LogP contribution in [0.1, 0.15) is 19.2 Å². The van der Waals surface area contributed by atoms with E-state index in [1.165, 1.54) is 6.33 Å². The van der Waals surface area contributed by atoms with Crippen LogP contribution in [0, 0.1) is 5.92 Å². The molecule has 2 N–H and O–H groups in total. The van der Waals surface area contributed by atoms with E-state index >= 15 is 0 Å². The Morgan fingerprint density at radius 3 is 3.27 bits per heavy atom. The fourth-order valence-electron chi connectivity index (χ4n) is 1.69. The van der Waals surface area contributed by atoms with Crippen LogP contribution in [-0.2, 0) is 16.1 Å². The molecule has 2 rings (SSSR count). The fraction of sp³-hybridized carbons (Fsp3) is 0.667. The summed E-state index contributed by atoms with van der Waals surface area (Å²) < 4.78 is 5.33. The molecule has 0 bridgehead atoms. The van der Waals surface area contributed by atoms with Gasteiger partial charge in [-0.1, -0.05) is 0 Å². The first-order valence-electron chi connectivity index (χ1n) is 5.01. The predicted molar refractivity (Wildman–Crippen MR) is 51.8 cm³/mol. The van der Waals surface area contributed by atoms with Crippen molar-refractivity contribution in [1.82, 2.24) is 20.5 Å². The highest BCUT2D eigenvalue weighted by atomic mass is 16.5. The van der Waals surface area contributed by atoms with Gasteiger partial charge in [-0.25, -0.2) is 4.98 Å². The summed E-state index contributed by atoms with van der Waals surface area (Å²) in [5.41, 5.74) is 0. The minimum absolute atomic E-state index is 0.0136. The summed E-state index contributed by atoms with van der Waals surface area (Å²) in [4.78, 5) is 15.6. The molecular weight excluding hydrogens is 196 g/mol. The molecule has 1 aromatic rings. The third kappa shape index (κ3) is 2.33. The van der Waals surface area contributed by atoms with Crippen molar-refractivity contribution in [1.29, 1.82) is 0 Å². The quantitative estimate of drug-likeness (QED) is 0.726. The molecule has 6 heteroatoms. The smallest absolute Gasteiger partial charge is 0.226 e. The van der Waals surface area contributed by atoms with Crippen molar-refractivity contribution in [3.63, 3.8) is 0 Å². The number of amides is 1. The number of rotatable bonds is 3. The van der Waals surface area contributed by atoms with Gasteiger partial charge in [-0.2, -0.15) is 5.10 Å². The molecule has 1 aromatic heterocycles. The SMILES string of the molecule is CC1OCCC1C(=O)NCc1ncn[nH]1. The Morgan fingerprint density at radius 2 is 2.67 bits per heavy atom. The fourth-order valence-corrected chi connectivity index (χ4v) is 1.69. The van der Waals surface area contributed by atoms with Gasteiger partial charge in [0, 0.05) is 6.61 Å². The summed E-state index contributed by atoms with van der Waals surface area (Å²) in [6.45, 7) is 2.98. The predicted octanol–water partition coefficient (Wildman–Crippen LogP) is -0.154. The molecule has 2 unspecified atom stereocenters. The lowest BCUT2D eigenvalue weighted by atomic mass is 10.0. The average molecular weight is 210 g/mol. The van der Waals surface area contributed by atoms with Crippen molar-refractivity contribution >= 4 is 5.91 Å². The highest BCUT2D eigenvalue weighted by Crippen LogP contribution is 2.20. The minimum Gasteiger partial charge on any atom is -0.378 e. The monoisotopic (exact) mass is 210 g/mol. The summed E-state index contributed by atoms with van der Waals surface area (Å²) >= 11 is 0. The summed E-state index contributed by atoms with van der Waals surface area (Å²) in [5.74, 6) is 0.652. The number of carbonyl (C=O) groups is 1. The van der Waals surface area contributed by atoms with Crippen LogP contribution in [-0.4, -0.2) is 33.8 Å². The van der Waals surface area contributed by atoms with Crippen LogP contribution in [0.15, 0.2) is 6.33 Å². The minimum atomic E-state index is -0.0343. The van der Waals surface area contributed by atoms with Gasteiger partial charge in [0.1, 0.15) is 12.2 Å². The molecule has 2 heterocycles. The molecule has 1 aliphatic rings. The zero-order valence-electron chi connectivity index (χ0n) is 8.56. The molecule has 1 saturated heterocycles. The largest absolute Gasteiger partial charge is 0.378 e. The van der Waals surface area contributed by atoms with Crippen LogP contribution >= 0.6 is 0 Å². The van der Waals surface area contributed by atoms with Crippen molar-refractivity contribution in [2.45, 2.75) is 26.0 Å².